The van der Waals surface area contributed by atoms with Crippen LogP contribution in [-0.2, 0) is 0 Å². The molecule has 0 spiro atoms. The summed E-state index contributed by atoms with van der Waals surface area (Å²) in [5, 5.41) is 0. The summed E-state index contributed by atoms with van der Waals surface area (Å²) in [6.07, 6.45) is 10.6. The van der Waals surface area contributed by atoms with Crippen molar-refractivity contribution in [2.75, 3.05) is 19.6 Å². The largest absolute Gasteiger partial charge is 0.292 e. The zero-order valence-electron chi connectivity index (χ0n) is 16.6. The Morgan fingerprint density at radius 2 is 1.18 bits per heavy atom. The van der Waals surface area contributed by atoms with E-state index in [-0.39, 0.29) is 0 Å². The number of hydrogen-bond donors (Lipinski definition) is 0. The second kappa shape index (κ2) is 9.61. The van der Waals surface area contributed by atoms with Crippen LogP contribution in [-0.4, -0.2) is 24.5 Å². The van der Waals surface area contributed by atoms with Crippen molar-refractivity contribution in [3.63, 3.8) is 0 Å². The van der Waals surface area contributed by atoms with E-state index in [2.05, 4.69) is 66.2 Å². The van der Waals surface area contributed by atoms with Crippen LogP contribution in [0.5, 0.6) is 0 Å². The highest BCUT2D eigenvalue weighted by Gasteiger charge is 2.18. The van der Waals surface area contributed by atoms with Crippen molar-refractivity contribution in [1.29, 1.82) is 0 Å². The number of terminal acetylenes is 1. The minimum absolute atomic E-state index is 0.428. The Morgan fingerprint density at radius 3 is 1.45 bits per heavy atom. The predicted octanol–water partition coefficient (Wildman–Crippen LogP) is 5.85. The van der Waals surface area contributed by atoms with Crippen molar-refractivity contribution in [1.82, 2.24) is 4.90 Å². The molecule has 0 aromatic carbocycles. The SMILES string of the molecule is C#CCN(CC[C@@H](C)CC(C)(C)C)CC[C@@H](C)CC(C)(C)C. The zero-order chi connectivity index (χ0) is 17.4. The normalized spacial score (nSPS) is 15.6. The van der Waals surface area contributed by atoms with Crippen molar-refractivity contribution in [2.45, 2.75) is 81.1 Å². The molecule has 1 heteroatoms. The van der Waals surface area contributed by atoms with Crippen molar-refractivity contribution < 1.29 is 0 Å². The molecule has 0 radical (unpaired) electrons. The average Bonchev–Trinajstić information content (AvgIpc) is 2.28. The number of rotatable bonds is 9. The van der Waals surface area contributed by atoms with E-state index in [9.17, 15) is 0 Å². The molecule has 0 aromatic rings. The Labute approximate surface area is 141 Å². The van der Waals surface area contributed by atoms with Gasteiger partial charge in [-0.2, -0.15) is 0 Å². The molecule has 0 bridgehead atoms. The van der Waals surface area contributed by atoms with Crippen molar-refractivity contribution in [2.24, 2.45) is 22.7 Å². The van der Waals surface area contributed by atoms with Gasteiger partial charge in [0.05, 0.1) is 6.54 Å². The second-order valence-corrected chi connectivity index (χ2v) is 9.80. The Balaban J connectivity index is 4.19. The summed E-state index contributed by atoms with van der Waals surface area (Å²) < 4.78 is 0. The Bertz CT molecular complexity index is 297. The summed E-state index contributed by atoms with van der Waals surface area (Å²) >= 11 is 0. The second-order valence-electron chi connectivity index (χ2n) is 9.80. The monoisotopic (exact) mass is 307 g/mol. The van der Waals surface area contributed by atoms with Gasteiger partial charge >= 0.3 is 0 Å². The molecule has 0 aliphatic carbocycles. The van der Waals surface area contributed by atoms with Crippen LogP contribution < -0.4 is 0 Å². The summed E-state index contributed by atoms with van der Waals surface area (Å²) in [5.41, 5.74) is 0.856. The van der Waals surface area contributed by atoms with Crippen LogP contribution in [0.3, 0.4) is 0 Å². The van der Waals surface area contributed by atoms with Crippen molar-refractivity contribution >= 4 is 0 Å². The lowest BCUT2D eigenvalue weighted by Gasteiger charge is -2.28. The highest BCUT2D eigenvalue weighted by atomic mass is 15.1. The first-order valence-corrected chi connectivity index (χ1v) is 9.09. The summed E-state index contributed by atoms with van der Waals surface area (Å²) in [6, 6.07) is 0. The molecular formula is C21H41N. The molecule has 0 saturated carbocycles. The Hall–Kier alpha value is -0.480. The third-order valence-electron chi connectivity index (χ3n) is 4.11. The molecule has 0 rings (SSSR count). The smallest absolute Gasteiger partial charge is 0.0598 e. The van der Waals surface area contributed by atoms with Gasteiger partial charge in [0.2, 0.25) is 0 Å². The van der Waals surface area contributed by atoms with E-state index in [1.807, 2.05) is 0 Å². The fourth-order valence-electron chi connectivity index (χ4n) is 3.50. The van der Waals surface area contributed by atoms with Gasteiger partial charge in [-0.05, 0) is 61.4 Å². The summed E-state index contributed by atoms with van der Waals surface area (Å²) in [5.74, 6) is 4.38. The first-order valence-electron chi connectivity index (χ1n) is 9.09. The van der Waals surface area contributed by atoms with Crippen LogP contribution in [0.1, 0.15) is 81.1 Å². The van der Waals surface area contributed by atoms with Crippen LogP contribution in [0.2, 0.25) is 0 Å². The molecule has 0 amide bonds. The first kappa shape index (κ1) is 21.5. The van der Waals surface area contributed by atoms with Gasteiger partial charge in [-0.3, -0.25) is 4.90 Å². The summed E-state index contributed by atoms with van der Waals surface area (Å²) in [7, 11) is 0. The van der Waals surface area contributed by atoms with Crippen molar-refractivity contribution in [3.8, 4) is 12.3 Å². The molecule has 2 atom stereocenters. The number of nitrogens with zero attached hydrogens (tertiary/aromatic N) is 1. The first-order chi connectivity index (χ1) is 9.93. The average molecular weight is 308 g/mol. The highest BCUT2D eigenvalue weighted by molar-refractivity contribution is 4.88. The molecule has 0 heterocycles. The molecule has 0 N–H and O–H groups in total. The molecule has 0 aromatic heterocycles. The van der Waals surface area contributed by atoms with Crippen LogP contribution in [0.15, 0.2) is 0 Å². The minimum Gasteiger partial charge on any atom is -0.292 e. The summed E-state index contributed by atoms with van der Waals surface area (Å²) in [4.78, 5) is 2.47. The predicted molar refractivity (Wildman–Crippen MR) is 101 cm³/mol. The van der Waals surface area contributed by atoms with Gasteiger partial charge in [-0.25, -0.2) is 0 Å². The van der Waals surface area contributed by atoms with Gasteiger partial charge in [0.25, 0.3) is 0 Å². The highest BCUT2D eigenvalue weighted by Crippen LogP contribution is 2.27. The van der Waals surface area contributed by atoms with Gasteiger partial charge < -0.3 is 0 Å². The van der Waals surface area contributed by atoms with Gasteiger partial charge in [0, 0.05) is 0 Å². The Morgan fingerprint density at radius 1 is 0.818 bits per heavy atom. The van der Waals surface area contributed by atoms with E-state index in [1.54, 1.807) is 0 Å². The molecule has 1 nitrogen and oxygen atoms in total. The topological polar surface area (TPSA) is 3.24 Å². The fourth-order valence-corrected chi connectivity index (χ4v) is 3.50. The minimum atomic E-state index is 0.428. The fraction of sp³-hybridized carbons (Fsp3) is 0.905. The maximum atomic E-state index is 5.55. The third-order valence-corrected chi connectivity index (χ3v) is 4.11. The molecule has 0 unspecified atom stereocenters. The van der Waals surface area contributed by atoms with Crippen LogP contribution in [0, 0.1) is 35.0 Å². The summed E-state index contributed by atoms with van der Waals surface area (Å²) in [6.45, 7) is 21.8. The van der Waals surface area contributed by atoms with Crippen LogP contribution in [0.25, 0.3) is 0 Å². The van der Waals surface area contributed by atoms with Gasteiger partial charge in [0.1, 0.15) is 0 Å². The lowest BCUT2D eigenvalue weighted by Crippen LogP contribution is -2.29. The zero-order valence-corrected chi connectivity index (χ0v) is 16.6. The lowest BCUT2D eigenvalue weighted by molar-refractivity contribution is 0.221. The van der Waals surface area contributed by atoms with E-state index >= 15 is 0 Å². The van der Waals surface area contributed by atoms with E-state index in [4.69, 9.17) is 6.42 Å². The maximum absolute atomic E-state index is 5.55. The van der Waals surface area contributed by atoms with Crippen LogP contribution in [0.4, 0.5) is 0 Å². The van der Waals surface area contributed by atoms with Gasteiger partial charge in [-0.15, -0.1) is 6.42 Å². The van der Waals surface area contributed by atoms with E-state index < -0.39 is 0 Å². The van der Waals surface area contributed by atoms with E-state index in [0.717, 1.165) is 31.5 Å². The maximum Gasteiger partial charge on any atom is 0.0598 e. The molecule has 0 saturated heterocycles. The number of hydrogen-bond acceptors (Lipinski definition) is 1. The molecule has 0 aliphatic rings. The van der Waals surface area contributed by atoms with Crippen LogP contribution >= 0.6 is 0 Å². The lowest BCUT2D eigenvalue weighted by atomic mass is 9.84. The standard InChI is InChI=1S/C21H41N/c1-10-13-22(14-11-18(2)16-20(4,5)6)15-12-19(3)17-21(7,8)9/h1,18-19H,11-17H2,2-9H3/t18-,19-/m1/s1. The molecule has 130 valence electrons. The van der Waals surface area contributed by atoms with Crippen molar-refractivity contribution in [3.05, 3.63) is 0 Å². The molecular weight excluding hydrogens is 266 g/mol. The third kappa shape index (κ3) is 13.2. The molecule has 0 aliphatic heterocycles. The van der Waals surface area contributed by atoms with Gasteiger partial charge in [-0.1, -0.05) is 61.3 Å². The molecule has 22 heavy (non-hydrogen) atoms. The quantitative estimate of drug-likeness (QED) is 0.483. The van der Waals surface area contributed by atoms with Gasteiger partial charge in [0.15, 0.2) is 0 Å². The Kier molecular flexibility index (Phi) is 9.40. The van der Waals surface area contributed by atoms with E-state index in [0.29, 0.717) is 10.8 Å². The molecule has 0 fully saturated rings. The van der Waals surface area contributed by atoms with E-state index in [1.165, 1.54) is 25.7 Å².